The zero-order valence-electron chi connectivity index (χ0n) is 9.50. The molecule has 0 bridgehead atoms. The van der Waals surface area contributed by atoms with Crippen molar-refractivity contribution < 1.29 is 9.59 Å². The van der Waals surface area contributed by atoms with Crippen molar-refractivity contribution in [3.63, 3.8) is 0 Å². The topological polar surface area (TPSA) is 57.9 Å². The number of carbonyl (C=O) groups excluding carboxylic acids is 2. The van der Waals surface area contributed by atoms with Crippen molar-refractivity contribution in [1.29, 1.82) is 5.26 Å². The fourth-order valence-corrected chi connectivity index (χ4v) is 2.39. The molecule has 1 atom stereocenters. The van der Waals surface area contributed by atoms with Gasteiger partial charge in [0.05, 0.1) is 11.5 Å². The fourth-order valence-electron chi connectivity index (χ4n) is 2.19. The Labute approximate surface area is 105 Å². The lowest BCUT2D eigenvalue weighted by Gasteiger charge is -2.29. The molecule has 0 spiro atoms. The Morgan fingerprint density at radius 1 is 1.41 bits per heavy atom. The molecule has 0 unspecified atom stereocenters. The molecule has 0 radical (unpaired) electrons. The van der Waals surface area contributed by atoms with E-state index in [-0.39, 0.29) is 11.6 Å². The van der Waals surface area contributed by atoms with Crippen molar-refractivity contribution in [2.24, 2.45) is 0 Å². The Kier molecular flexibility index (Phi) is 4.45. The van der Waals surface area contributed by atoms with Crippen molar-refractivity contribution in [3.8, 4) is 6.07 Å². The Hall–Kier alpha value is -1.62. The minimum Gasteiger partial charge on any atom is -0.197 e. The molecule has 0 saturated carbocycles. The number of nitriles is 1. The van der Waals surface area contributed by atoms with E-state index in [1.54, 1.807) is 0 Å². The molecule has 1 aromatic carbocycles. The Morgan fingerprint density at radius 2 is 2.06 bits per heavy atom. The van der Waals surface area contributed by atoms with Crippen LogP contribution >= 0.6 is 11.6 Å². The van der Waals surface area contributed by atoms with Crippen molar-refractivity contribution in [2.45, 2.75) is 31.6 Å². The van der Waals surface area contributed by atoms with Crippen LogP contribution in [0.4, 0.5) is 0 Å². The van der Waals surface area contributed by atoms with Crippen LogP contribution in [-0.4, -0.2) is 6.15 Å². The SMILES string of the molecule is C[C@@]1(C#N)CCCc2cc(Cl)ccc21.O=C=O. The third kappa shape index (κ3) is 2.94. The molecule has 0 heterocycles. The predicted molar refractivity (Wildman–Crippen MR) is 62.4 cm³/mol. The highest BCUT2D eigenvalue weighted by Gasteiger charge is 2.31. The molecule has 3 nitrogen and oxygen atoms in total. The Balaban J connectivity index is 0.000000437. The van der Waals surface area contributed by atoms with Crippen LogP contribution in [0.5, 0.6) is 0 Å². The highest BCUT2D eigenvalue weighted by Crippen LogP contribution is 2.37. The molecule has 0 fully saturated rings. The zero-order chi connectivity index (χ0) is 12.9. The second kappa shape index (κ2) is 5.63. The minimum atomic E-state index is -0.307. The summed E-state index contributed by atoms with van der Waals surface area (Å²) in [5.41, 5.74) is 2.10. The van der Waals surface area contributed by atoms with Gasteiger partial charge >= 0.3 is 6.15 Å². The van der Waals surface area contributed by atoms with Crippen LogP contribution in [-0.2, 0) is 21.4 Å². The molecule has 1 aliphatic carbocycles. The van der Waals surface area contributed by atoms with Crippen LogP contribution in [0.3, 0.4) is 0 Å². The molecule has 88 valence electrons. The molecule has 0 amide bonds. The minimum absolute atomic E-state index is 0.250. The first-order chi connectivity index (χ1) is 8.07. The van der Waals surface area contributed by atoms with Crippen molar-refractivity contribution >= 4 is 17.8 Å². The van der Waals surface area contributed by atoms with Gasteiger partial charge in [0, 0.05) is 5.02 Å². The average Bonchev–Trinajstić information content (AvgIpc) is 2.30. The van der Waals surface area contributed by atoms with Crippen LogP contribution < -0.4 is 0 Å². The van der Waals surface area contributed by atoms with Gasteiger partial charge in [0.1, 0.15) is 0 Å². The summed E-state index contributed by atoms with van der Waals surface area (Å²) in [6.07, 6.45) is 3.34. The van der Waals surface area contributed by atoms with Crippen LogP contribution in [0, 0.1) is 11.3 Å². The van der Waals surface area contributed by atoms with Crippen molar-refractivity contribution in [3.05, 3.63) is 34.3 Å². The molecular formula is C13H12ClNO2. The molecule has 17 heavy (non-hydrogen) atoms. The van der Waals surface area contributed by atoms with E-state index in [9.17, 15) is 5.26 Å². The average molecular weight is 250 g/mol. The predicted octanol–water partition coefficient (Wildman–Crippen LogP) is 2.87. The highest BCUT2D eigenvalue weighted by molar-refractivity contribution is 6.30. The van der Waals surface area contributed by atoms with E-state index in [0.29, 0.717) is 0 Å². The number of halogens is 1. The lowest BCUT2D eigenvalue weighted by molar-refractivity contribution is -0.191. The Bertz CT molecular complexity index is 487. The maximum atomic E-state index is 9.18. The maximum absolute atomic E-state index is 9.18. The van der Waals surface area contributed by atoms with Gasteiger partial charge in [0.25, 0.3) is 0 Å². The largest absolute Gasteiger partial charge is 0.373 e. The summed E-state index contributed by atoms with van der Waals surface area (Å²) in [5, 5.41) is 9.95. The van der Waals surface area contributed by atoms with E-state index in [1.807, 2.05) is 25.1 Å². The Morgan fingerprint density at radius 3 is 2.65 bits per heavy atom. The van der Waals surface area contributed by atoms with Gasteiger partial charge in [-0.3, -0.25) is 0 Å². The second-order valence-corrected chi connectivity index (χ2v) is 4.62. The van der Waals surface area contributed by atoms with Crippen LogP contribution in [0.1, 0.15) is 30.9 Å². The van der Waals surface area contributed by atoms with Gasteiger partial charge in [0.15, 0.2) is 0 Å². The number of fused-ring (bicyclic) bond motifs is 1. The van der Waals surface area contributed by atoms with Gasteiger partial charge in [-0.2, -0.15) is 14.9 Å². The summed E-state index contributed by atoms with van der Waals surface area (Å²) in [6, 6.07) is 8.28. The molecule has 2 rings (SSSR count). The van der Waals surface area contributed by atoms with Gasteiger partial charge in [0.2, 0.25) is 0 Å². The lowest BCUT2D eigenvalue weighted by atomic mass is 9.72. The number of rotatable bonds is 0. The summed E-state index contributed by atoms with van der Waals surface area (Å²) in [4.78, 5) is 16.2. The standard InChI is InChI=1S/C12H12ClN.CO2/c1-12(8-14)6-2-3-9-7-10(13)4-5-11(9)12;2-1-3/h4-5,7H,2-3,6H2,1H3;/t12-;/m0./s1. The molecule has 1 aliphatic rings. The van der Waals surface area contributed by atoms with E-state index in [1.165, 1.54) is 5.56 Å². The second-order valence-electron chi connectivity index (χ2n) is 4.18. The number of aryl methyl sites for hydroxylation is 1. The summed E-state index contributed by atoms with van der Waals surface area (Å²) in [7, 11) is 0. The number of benzene rings is 1. The van der Waals surface area contributed by atoms with Gasteiger partial charge in [-0.25, -0.2) is 0 Å². The normalized spacial score (nSPS) is 21.2. The molecule has 0 N–H and O–H groups in total. The summed E-state index contributed by atoms with van der Waals surface area (Å²) >= 11 is 5.93. The van der Waals surface area contributed by atoms with E-state index >= 15 is 0 Å². The quantitative estimate of drug-likeness (QED) is 0.710. The monoisotopic (exact) mass is 249 g/mol. The third-order valence-electron chi connectivity index (χ3n) is 3.03. The zero-order valence-corrected chi connectivity index (χ0v) is 10.3. The first-order valence-electron chi connectivity index (χ1n) is 5.27. The summed E-state index contributed by atoms with van der Waals surface area (Å²) in [5.74, 6) is 0. The first kappa shape index (κ1) is 13.4. The van der Waals surface area contributed by atoms with Crippen LogP contribution in [0.2, 0.25) is 5.02 Å². The van der Waals surface area contributed by atoms with E-state index < -0.39 is 0 Å². The number of nitrogens with zero attached hydrogens (tertiary/aromatic N) is 1. The number of hydrogen-bond donors (Lipinski definition) is 0. The van der Waals surface area contributed by atoms with Crippen LogP contribution in [0.15, 0.2) is 18.2 Å². The molecule has 1 aromatic rings. The van der Waals surface area contributed by atoms with Gasteiger partial charge in [-0.15, -0.1) is 0 Å². The highest BCUT2D eigenvalue weighted by atomic mass is 35.5. The molecule has 0 aromatic heterocycles. The lowest BCUT2D eigenvalue weighted by Crippen LogP contribution is -2.25. The van der Waals surface area contributed by atoms with E-state index in [4.69, 9.17) is 21.2 Å². The molecule has 4 heteroatoms. The van der Waals surface area contributed by atoms with Gasteiger partial charge < -0.3 is 0 Å². The molecule has 0 aliphatic heterocycles. The van der Waals surface area contributed by atoms with Gasteiger partial charge in [-0.05, 0) is 49.4 Å². The first-order valence-corrected chi connectivity index (χ1v) is 5.64. The molecular weight excluding hydrogens is 238 g/mol. The third-order valence-corrected chi connectivity index (χ3v) is 3.27. The smallest absolute Gasteiger partial charge is 0.197 e. The summed E-state index contributed by atoms with van der Waals surface area (Å²) in [6.45, 7) is 2.01. The molecule has 0 saturated heterocycles. The van der Waals surface area contributed by atoms with E-state index in [0.717, 1.165) is 29.8 Å². The van der Waals surface area contributed by atoms with E-state index in [2.05, 4.69) is 6.07 Å². The van der Waals surface area contributed by atoms with Crippen molar-refractivity contribution in [1.82, 2.24) is 0 Å². The number of hydrogen-bond acceptors (Lipinski definition) is 3. The van der Waals surface area contributed by atoms with Gasteiger partial charge in [-0.1, -0.05) is 17.7 Å². The maximum Gasteiger partial charge on any atom is 0.373 e. The fraction of sp³-hybridized carbons (Fsp3) is 0.385. The van der Waals surface area contributed by atoms with Crippen LogP contribution in [0.25, 0.3) is 0 Å². The summed E-state index contributed by atoms with van der Waals surface area (Å²) < 4.78 is 0. The van der Waals surface area contributed by atoms with Crippen molar-refractivity contribution in [2.75, 3.05) is 0 Å².